The molecule has 3 nitrogen and oxygen atoms in total. The standard InChI is InChI=1S/C16H23NO2/c18-17(16-8-12-19-13-9-16)10-6-15(7-11-17)14-4-2-1-3-5-14/h1-5,15-16H,6-13H2. The number of piperidine rings is 1. The number of hydroxylamine groups is 3. The van der Waals surface area contributed by atoms with Gasteiger partial charge in [0.2, 0.25) is 0 Å². The lowest BCUT2D eigenvalue weighted by Gasteiger charge is -2.53. The van der Waals surface area contributed by atoms with Crippen molar-refractivity contribution in [2.45, 2.75) is 37.6 Å². The third-order valence-corrected chi connectivity index (χ3v) is 4.84. The summed E-state index contributed by atoms with van der Waals surface area (Å²) in [5.41, 5.74) is 1.40. The van der Waals surface area contributed by atoms with Crippen molar-refractivity contribution in [2.75, 3.05) is 26.3 Å². The first-order valence-electron chi connectivity index (χ1n) is 7.48. The number of benzene rings is 1. The van der Waals surface area contributed by atoms with E-state index in [1.54, 1.807) is 0 Å². The van der Waals surface area contributed by atoms with Crippen LogP contribution in [0, 0.1) is 5.21 Å². The monoisotopic (exact) mass is 261 g/mol. The maximum atomic E-state index is 12.9. The Morgan fingerprint density at radius 3 is 2.21 bits per heavy atom. The molecule has 0 aliphatic carbocycles. The Labute approximate surface area is 115 Å². The van der Waals surface area contributed by atoms with E-state index in [-0.39, 0.29) is 10.7 Å². The van der Waals surface area contributed by atoms with Crippen LogP contribution in [0.4, 0.5) is 0 Å². The summed E-state index contributed by atoms with van der Waals surface area (Å²) in [6.45, 7) is 3.11. The number of likely N-dealkylation sites (tertiary alicyclic amines) is 1. The molecule has 2 aliphatic rings. The lowest BCUT2D eigenvalue weighted by molar-refractivity contribution is -0.912. The lowest BCUT2D eigenvalue weighted by atomic mass is 9.88. The molecule has 2 aliphatic heterocycles. The molecule has 0 bridgehead atoms. The summed E-state index contributed by atoms with van der Waals surface area (Å²) in [6, 6.07) is 10.9. The number of rotatable bonds is 2. The van der Waals surface area contributed by atoms with Gasteiger partial charge in [0.05, 0.1) is 32.3 Å². The second-order valence-corrected chi connectivity index (χ2v) is 5.93. The zero-order valence-electron chi connectivity index (χ0n) is 11.5. The highest BCUT2D eigenvalue weighted by Crippen LogP contribution is 2.34. The predicted molar refractivity (Wildman–Crippen MR) is 75.6 cm³/mol. The molecule has 1 aromatic rings. The van der Waals surface area contributed by atoms with Gasteiger partial charge in [-0.1, -0.05) is 30.3 Å². The molecule has 2 saturated heterocycles. The van der Waals surface area contributed by atoms with Gasteiger partial charge in [-0.2, -0.15) is 0 Å². The normalized spacial score (nSPS) is 33.2. The topological polar surface area (TPSA) is 32.3 Å². The fourth-order valence-electron chi connectivity index (χ4n) is 3.58. The van der Waals surface area contributed by atoms with Crippen LogP contribution in [0.15, 0.2) is 30.3 Å². The molecule has 2 fully saturated rings. The van der Waals surface area contributed by atoms with Crippen LogP contribution >= 0.6 is 0 Å². The lowest BCUT2D eigenvalue weighted by Crippen LogP contribution is -2.56. The fraction of sp³-hybridized carbons (Fsp3) is 0.625. The van der Waals surface area contributed by atoms with Crippen LogP contribution in [-0.2, 0) is 4.74 Å². The molecule has 0 atom stereocenters. The van der Waals surface area contributed by atoms with Crippen LogP contribution in [0.3, 0.4) is 0 Å². The summed E-state index contributed by atoms with van der Waals surface area (Å²) < 4.78 is 5.41. The Bertz CT molecular complexity index is 392. The Morgan fingerprint density at radius 1 is 0.947 bits per heavy atom. The van der Waals surface area contributed by atoms with Crippen LogP contribution in [-0.4, -0.2) is 37.0 Å². The Hall–Kier alpha value is -0.900. The van der Waals surface area contributed by atoms with E-state index in [9.17, 15) is 5.21 Å². The molecule has 1 aromatic carbocycles. The number of hydrogen-bond donors (Lipinski definition) is 0. The molecule has 104 valence electrons. The van der Waals surface area contributed by atoms with Crippen molar-refractivity contribution < 1.29 is 9.38 Å². The van der Waals surface area contributed by atoms with Crippen LogP contribution in [0.2, 0.25) is 0 Å². The van der Waals surface area contributed by atoms with Gasteiger partial charge < -0.3 is 14.6 Å². The summed E-state index contributed by atoms with van der Waals surface area (Å²) in [5, 5.41) is 12.9. The van der Waals surface area contributed by atoms with Crippen LogP contribution in [0.1, 0.15) is 37.2 Å². The molecule has 2 heterocycles. The van der Waals surface area contributed by atoms with E-state index in [1.165, 1.54) is 5.56 Å². The van der Waals surface area contributed by atoms with E-state index in [2.05, 4.69) is 30.3 Å². The summed E-state index contributed by atoms with van der Waals surface area (Å²) in [7, 11) is 0. The molecule has 0 spiro atoms. The minimum absolute atomic E-state index is 0.0344. The number of ether oxygens (including phenoxy) is 1. The Kier molecular flexibility index (Phi) is 3.87. The third kappa shape index (κ3) is 2.83. The molecule has 0 unspecified atom stereocenters. The molecule has 0 radical (unpaired) electrons. The van der Waals surface area contributed by atoms with E-state index < -0.39 is 0 Å². The van der Waals surface area contributed by atoms with Gasteiger partial charge in [-0.05, 0) is 11.5 Å². The van der Waals surface area contributed by atoms with Gasteiger partial charge in [-0.25, -0.2) is 0 Å². The molecule has 0 N–H and O–H groups in total. The molecule has 0 saturated carbocycles. The van der Waals surface area contributed by atoms with Crippen LogP contribution in [0.25, 0.3) is 0 Å². The Morgan fingerprint density at radius 2 is 1.58 bits per heavy atom. The first kappa shape index (κ1) is 13.1. The van der Waals surface area contributed by atoms with Crippen molar-refractivity contribution in [1.29, 1.82) is 0 Å². The summed E-state index contributed by atoms with van der Waals surface area (Å²) >= 11 is 0. The van der Waals surface area contributed by atoms with Gasteiger partial charge in [0, 0.05) is 25.7 Å². The largest absolute Gasteiger partial charge is 0.633 e. The highest BCUT2D eigenvalue weighted by molar-refractivity contribution is 5.19. The third-order valence-electron chi connectivity index (χ3n) is 4.84. The molecule has 0 amide bonds. The minimum atomic E-state index is 0.0344. The molecular weight excluding hydrogens is 238 g/mol. The minimum Gasteiger partial charge on any atom is -0.633 e. The number of hydrogen-bond acceptors (Lipinski definition) is 2. The van der Waals surface area contributed by atoms with Gasteiger partial charge in [0.25, 0.3) is 0 Å². The van der Waals surface area contributed by atoms with E-state index >= 15 is 0 Å². The van der Waals surface area contributed by atoms with Crippen molar-refractivity contribution in [3.63, 3.8) is 0 Å². The summed E-state index contributed by atoms with van der Waals surface area (Å²) in [5.74, 6) is 0.584. The van der Waals surface area contributed by atoms with Gasteiger partial charge in [-0.3, -0.25) is 0 Å². The Balaban J connectivity index is 1.62. The summed E-state index contributed by atoms with van der Waals surface area (Å²) in [4.78, 5) is 0. The van der Waals surface area contributed by atoms with E-state index in [0.29, 0.717) is 5.92 Å². The predicted octanol–water partition coefficient (Wildman–Crippen LogP) is 3.06. The smallest absolute Gasteiger partial charge is 0.0932 e. The first-order valence-corrected chi connectivity index (χ1v) is 7.48. The van der Waals surface area contributed by atoms with E-state index in [1.807, 2.05) is 0 Å². The number of quaternary nitrogens is 1. The second-order valence-electron chi connectivity index (χ2n) is 5.93. The van der Waals surface area contributed by atoms with Crippen LogP contribution < -0.4 is 0 Å². The quantitative estimate of drug-likeness (QED) is 0.605. The van der Waals surface area contributed by atoms with Gasteiger partial charge in [0.15, 0.2) is 0 Å². The molecule has 3 rings (SSSR count). The highest BCUT2D eigenvalue weighted by Gasteiger charge is 2.35. The highest BCUT2D eigenvalue weighted by atomic mass is 16.5. The SMILES string of the molecule is [O-][N+]1(C2CCOCC2)CCC(c2ccccc2)CC1. The van der Waals surface area contributed by atoms with E-state index in [4.69, 9.17) is 4.74 Å². The fourth-order valence-corrected chi connectivity index (χ4v) is 3.58. The maximum Gasteiger partial charge on any atom is 0.0932 e. The van der Waals surface area contributed by atoms with Crippen molar-refractivity contribution in [1.82, 2.24) is 0 Å². The average molecular weight is 261 g/mol. The van der Waals surface area contributed by atoms with Crippen molar-refractivity contribution >= 4 is 0 Å². The van der Waals surface area contributed by atoms with Gasteiger partial charge >= 0.3 is 0 Å². The van der Waals surface area contributed by atoms with Gasteiger partial charge in [0.1, 0.15) is 0 Å². The van der Waals surface area contributed by atoms with E-state index in [0.717, 1.165) is 52.0 Å². The van der Waals surface area contributed by atoms with Gasteiger partial charge in [-0.15, -0.1) is 0 Å². The van der Waals surface area contributed by atoms with Crippen molar-refractivity contribution in [3.8, 4) is 0 Å². The molecular formula is C16H23NO2. The summed E-state index contributed by atoms with van der Waals surface area (Å²) in [6.07, 6.45) is 3.95. The zero-order valence-corrected chi connectivity index (χ0v) is 11.5. The van der Waals surface area contributed by atoms with Crippen LogP contribution in [0.5, 0.6) is 0 Å². The van der Waals surface area contributed by atoms with Crippen molar-refractivity contribution in [2.24, 2.45) is 0 Å². The molecule has 19 heavy (non-hydrogen) atoms. The first-order chi connectivity index (χ1) is 9.28. The second kappa shape index (κ2) is 5.61. The number of nitrogens with zero attached hydrogens (tertiary/aromatic N) is 1. The zero-order chi connectivity index (χ0) is 13.1. The maximum absolute atomic E-state index is 12.9. The molecule has 3 heteroatoms. The molecule has 0 aromatic heterocycles. The average Bonchev–Trinajstić information content (AvgIpc) is 2.50. The van der Waals surface area contributed by atoms with Crippen molar-refractivity contribution in [3.05, 3.63) is 41.1 Å².